The highest BCUT2D eigenvalue weighted by Gasteiger charge is 2.07. The molecule has 3 nitrogen and oxygen atoms in total. The largest absolute Gasteiger partial charge is 0.396 e. The molecule has 0 unspecified atom stereocenters. The lowest BCUT2D eigenvalue weighted by molar-refractivity contribution is 0.276. The molecule has 1 rings (SSSR count). The maximum absolute atomic E-state index is 8.66. The smallest absolute Gasteiger partial charge is 0.147 e. The number of nitrogens with zero attached hydrogens (tertiary/aromatic N) is 1. The van der Waals surface area contributed by atoms with Crippen LogP contribution in [0.3, 0.4) is 0 Å². The van der Waals surface area contributed by atoms with Crippen LogP contribution >= 0.6 is 23.2 Å². The summed E-state index contributed by atoms with van der Waals surface area (Å²) in [6.45, 7) is 0.0431. The molecule has 0 amide bonds. The van der Waals surface area contributed by atoms with Crippen molar-refractivity contribution in [3.05, 3.63) is 28.0 Å². The van der Waals surface area contributed by atoms with Crippen LogP contribution in [-0.4, -0.2) is 16.7 Å². The number of aliphatic hydroxyl groups is 1. The third kappa shape index (κ3) is 2.81. The van der Waals surface area contributed by atoms with E-state index in [-0.39, 0.29) is 17.8 Å². The highest BCUT2D eigenvalue weighted by atomic mass is 35.5. The summed E-state index contributed by atoms with van der Waals surface area (Å²) in [5, 5.41) is 9.31. The van der Waals surface area contributed by atoms with Crippen LogP contribution in [0.4, 0.5) is 0 Å². The third-order valence-electron chi connectivity index (χ3n) is 1.69. The van der Waals surface area contributed by atoms with E-state index in [9.17, 15) is 0 Å². The minimum absolute atomic E-state index is 0.0431. The summed E-state index contributed by atoms with van der Waals surface area (Å²) in [5.74, 6) is 0. The fourth-order valence-corrected chi connectivity index (χ4v) is 1.22. The molecular formula is C8H10Cl2N2O. The Hall–Kier alpha value is -0.350. The quantitative estimate of drug-likeness (QED) is 0.764. The van der Waals surface area contributed by atoms with E-state index >= 15 is 0 Å². The maximum atomic E-state index is 8.66. The standard InChI is InChI=1S/C8H10Cl2N2O/c9-6-3-5(4-12-8(6)10)7(11)1-2-13/h3-4,7,13H,1-2,11H2/t7-/m1/s1. The molecule has 0 aliphatic carbocycles. The third-order valence-corrected chi connectivity index (χ3v) is 2.37. The molecule has 0 aliphatic rings. The summed E-state index contributed by atoms with van der Waals surface area (Å²) < 4.78 is 0. The first-order valence-corrected chi connectivity index (χ1v) is 4.58. The van der Waals surface area contributed by atoms with Crippen LogP contribution in [0.5, 0.6) is 0 Å². The van der Waals surface area contributed by atoms with Gasteiger partial charge in [0.05, 0.1) is 5.02 Å². The molecule has 1 aromatic rings. The fourth-order valence-electron chi connectivity index (χ4n) is 0.945. The molecule has 0 saturated carbocycles. The van der Waals surface area contributed by atoms with Crippen LogP contribution < -0.4 is 5.73 Å². The van der Waals surface area contributed by atoms with Crippen molar-refractivity contribution in [2.24, 2.45) is 5.73 Å². The van der Waals surface area contributed by atoms with Crippen molar-refractivity contribution in [2.45, 2.75) is 12.5 Å². The summed E-state index contributed by atoms with van der Waals surface area (Å²) in [7, 11) is 0. The SMILES string of the molecule is N[C@H](CCO)c1cnc(Cl)c(Cl)c1. The predicted molar refractivity (Wildman–Crippen MR) is 52.9 cm³/mol. The van der Waals surface area contributed by atoms with Crippen molar-refractivity contribution in [3.8, 4) is 0 Å². The number of pyridine rings is 1. The van der Waals surface area contributed by atoms with E-state index in [1.165, 1.54) is 0 Å². The van der Waals surface area contributed by atoms with Crippen molar-refractivity contribution < 1.29 is 5.11 Å². The van der Waals surface area contributed by atoms with E-state index in [2.05, 4.69) is 4.98 Å². The second-order valence-electron chi connectivity index (χ2n) is 2.66. The number of hydrogen-bond acceptors (Lipinski definition) is 3. The molecule has 0 aromatic carbocycles. The monoisotopic (exact) mass is 220 g/mol. The number of nitrogens with two attached hydrogens (primary N) is 1. The molecule has 5 heteroatoms. The van der Waals surface area contributed by atoms with Crippen molar-refractivity contribution in [2.75, 3.05) is 6.61 Å². The Morgan fingerprint density at radius 1 is 1.54 bits per heavy atom. The number of hydrogen-bond donors (Lipinski definition) is 2. The van der Waals surface area contributed by atoms with Gasteiger partial charge in [-0.15, -0.1) is 0 Å². The van der Waals surface area contributed by atoms with Gasteiger partial charge in [0.1, 0.15) is 5.15 Å². The Labute approximate surface area is 86.5 Å². The Kier molecular flexibility index (Phi) is 3.93. The average molecular weight is 221 g/mol. The summed E-state index contributed by atoms with van der Waals surface area (Å²) in [4.78, 5) is 3.85. The normalized spacial score (nSPS) is 12.9. The summed E-state index contributed by atoms with van der Waals surface area (Å²) in [5.41, 5.74) is 6.50. The van der Waals surface area contributed by atoms with Gasteiger partial charge in [0.15, 0.2) is 0 Å². The highest BCUT2D eigenvalue weighted by Crippen LogP contribution is 2.23. The molecule has 0 fully saturated rings. The van der Waals surface area contributed by atoms with Gasteiger partial charge in [0.25, 0.3) is 0 Å². The van der Waals surface area contributed by atoms with Crippen molar-refractivity contribution >= 4 is 23.2 Å². The molecular weight excluding hydrogens is 211 g/mol. The average Bonchev–Trinajstić information content (AvgIpc) is 2.10. The van der Waals surface area contributed by atoms with Crippen LogP contribution in [0.2, 0.25) is 10.2 Å². The molecule has 0 saturated heterocycles. The first-order chi connectivity index (χ1) is 6.15. The van der Waals surface area contributed by atoms with Crippen LogP contribution in [0.25, 0.3) is 0 Å². The lowest BCUT2D eigenvalue weighted by Crippen LogP contribution is -2.12. The van der Waals surface area contributed by atoms with Crippen LogP contribution in [0.1, 0.15) is 18.0 Å². The minimum Gasteiger partial charge on any atom is -0.396 e. The van der Waals surface area contributed by atoms with Gasteiger partial charge < -0.3 is 10.8 Å². The van der Waals surface area contributed by atoms with Crippen molar-refractivity contribution in [3.63, 3.8) is 0 Å². The zero-order valence-corrected chi connectivity index (χ0v) is 8.39. The van der Waals surface area contributed by atoms with Gasteiger partial charge in [-0.3, -0.25) is 0 Å². The highest BCUT2D eigenvalue weighted by molar-refractivity contribution is 6.41. The number of rotatable bonds is 3. The molecule has 0 radical (unpaired) electrons. The molecule has 0 bridgehead atoms. The second-order valence-corrected chi connectivity index (χ2v) is 3.43. The zero-order valence-electron chi connectivity index (χ0n) is 6.87. The Morgan fingerprint density at radius 2 is 2.23 bits per heavy atom. The predicted octanol–water partition coefficient (Wildman–Crippen LogP) is 1.77. The molecule has 13 heavy (non-hydrogen) atoms. The van der Waals surface area contributed by atoms with Crippen LogP contribution in [0.15, 0.2) is 12.3 Å². The van der Waals surface area contributed by atoms with Crippen molar-refractivity contribution in [1.29, 1.82) is 0 Å². The second kappa shape index (κ2) is 4.77. The van der Waals surface area contributed by atoms with Gasteiger partial charge >= 0.3 is 0 Å². The minimum atomic E-state index is -0.243. The Balaban J connectivity index is 2.84. The van der Waals surface area contributed by atoms with Gasteiger partial charge in [0.2, 0.25) is 0 Å². The van der Waals surface area contributed by atoms with Gasteiger partial charge in [-0.2, -0.15) is 0 Å². The molecule has 1 aromatic heterocycles. The van der Waals surface area contributed by atoms with E-state index in [1.54, 1.807) is 12.3 Å². The molecule has 0 aliphatic heterocycles. The molecule has 3 N–H and O–H groups in total. The number of halogens is 2. The summed E-state index contributed by atoms with van der Waals surface area (Å²) in [6, 6.07) is 1.42. The summed E-state index contributed by atoms with van der Waals surface area (Å²) >= 11 is 11.4. The van der Waals surface area contributed by atoms with E-state index < -0.39 is 0 Å². The Morgan fingerprint density at radius 3 is 2.77 bits per heavy atom. The van der Waals surface area contributed by atoms with E-state index in [4.69, 9.17) is 34.0 Å². The lowest BCUT2D eigenvalue weighted by Gasteiger charge is -2.09. The maximum Gasteiger partial charge on any atom is 0.147 e. The zero-order chi connectivity index (χ0) is 9.84. The van der Waals surface area contributed by atoms with E-state index in [1.807, 2.05) is 0 Å². The van der Waals surface area contributed by atoms with Crippen LogP contribution in [-0.2, 0) is 0 Å². The molecule has 72 valence electrons. The Bertz CT molecular complexity index is 293. The lowest BCUT2D eigenvalue weighted by atomic mass is 10.1. The summed E-state index contributed by atoms with van der Waals surface area (Å²) in [6.07, 6.45) is 2.05. The van der Waals surface area contributed by atoms with Crippen LogP contribution in [0, 0.1) is 0 Å². The number of aromatic nitrogens is 1. The fraction of sp³-hybridized carbons (Fsp3) is 0.375. The van der Waals surface area contributed by atoms with E-state index in [0.29, 0.717) is 11.4 Å². The molecule has 0 spiro atoms. The van der Waals surface area contributed by atoms with Gasteiger partial charge in [0, 0.05) is 18.8 Å². The van der Waals surface area contributed by atoms with Gasteiger partial charge in [-0.1, -0.05) is 23.2 Å². The van der Waals surface area contributed by atoms with Gasteiger partial charge in [-0.05, 0) is 18.1 Å². The topological polar surface area (TPSA) is 59.1 Å². The van der Waals surface area contributed by atoms with Crippen molar-refractivity contribution in [1.82, 2.24) is 4.98 Å². The first kappa shape index (κ1) is 10.7. The molecule has 1 atom stereocenters. The van der Waals surface area contributed by atoms with E-state index in [0.717, 1.165) is 5.56 Å². The molecule has 1 heterocycles. The first-order valence-electron chi connectivity index (χ1n) is 3.82. The number of aliphatic hydroxyl groups excluding tert-OH is 1. The van der Waals surface area contributed by atoms with Gasteiger partial charge in [-0.25, -0.2) is 4.98 Å².